The van der Waals surface area contributed by atoms with Gasteiger partial charge in [0.2, 0.25) is 5.91 Å². The molecule has 1 amide bonds. The molecule has 0 unspecified atom stereocenters. The van der Waals surface area contributed by atoms with Crippen molar-refractivity contribution in [2.45, 2.75) is 6.92 Å². The maximum absolute atomic E-state index is 12.6. The normalized spacial score (nSPS) is 11.0. The number of rotatable bonds is 3. The number of thiazole rings is 1. The Morgan fingerprint density at radius 3 is 2.67 bits per heavy atom. The Morgan fingerprint density at radius 2 is 1.96 bits per heavy atom. The molecule has 0 aliphatic heterocycles. The summed E-state index contributed by atoms with van der Waals surface area (Å²) in [4.78, 5) is 40.3. The van der Waals surface area contributed by atoms with Crippen LogP contribution in [-0.2, 0) is 0 Å². The highest BCUT2D eigenvalue weighted by Gasteiger charge is 2.18. The highest BCUT2D eigenvalue weighted by atomic mass is 32.1. The van der Waals surface area contributed by atoms with Gasteiger partial charge in [-0.25, -0.2) is 4.98 Å². The Labute approximate surface area is 156 Å². The minimum absolute atomic E-state index is 0.189. The number of nitrogens with one attached hydrogen (secondary N) is 1. The van der Waals surface area contributed by atoms with Crippen LogP contribution in [0.2, 0.25) is 0 Å². The second-order valence-corrected chi connectivity index (χ2v) is 6.98. The fourth-order valence-corrected chi connectivity index (χ4v) is 3.65. The van der Waals surface area contributed by atoms with Crippen molar-refractivity contribution < 1.29 is 4.79 Å². The van der Waals surface area contributed by atoms with Crippen molar-refractivity contribution in [2.24, 2.45) is 5.73 Å². The van der Waals surface area contributed by atoms with Crippen molar-refractivity contribution in [3.8, 4) is 21.0 Å². The van der Waals surface area contributed by atoms with Gasteiger partial charge in [-0.2, -0.15) is 0 Å². The second kappa shape index (κ2) is 6.29. The summed E-state index contributed by atoms with van der Waals surface area (Å²) in [6, 6.07) is 5.31. The molecule has 9 heteroatoms. The Morgan fingerprint density at radius 1 is 1.15 bits per heavy atom. The van der Waals surface area contributed by atoms with Crippen LogP contribution in [0.1, 0.15) is 16.1 Å². The van der Waals surface area contributed by atoms with Crippen LogP contribution >= 0.6 is 11.3 Å². The number of pyridine rings is 3. The largest absolute Gasteiger partial charge is 0.396 e. The van der Waals surface area contributed by atoms with Crippen molar-refractivity contribution in [1.82, 2.24) is 19.9 Å². The molecule has 0 aliphatic rings. The molecule has 4 aromatic heterocycles. The number of primary amides is 1. The van der Waals surface area contributed by atoms with Crippen molar-refractivity contribution in [3.05, 3.63) is 58.4 Å². The lowest BCUT2D eigenvalue weighted by atomic mass is 10.1. The Kier molecular flexibility index (Phi) is 3.93. The molecule has 4 heterocycles. The molecule has 8 nitrogen and oxygen atoms in total. The number of amides is 1. The zero-order valence-corrected chi connectivity index (χ0v) is 15.0. The topological polar surface area (TPSA) is 141 Å². The molecule has 0 spiro atoms. The number of carbonyl (C=O) groups is 1. The quantitative estimate of drug-likeness (QED) is 0.498. The Bertz CT molecular complexity index is 1240. The summed E-state index contributed by atoms with van der Waals surface area (Å²) < 4.78 is 0. The summed E-state index contributed by atoms with van der Waals surface area (Å²) >= 11 is 1.34. The lowest BCUT2D eigenvalue weighted by Crippen LogP contribution is -2.15. The van der Waals surface area contributed by atoms with Gasteiger partial charge in [-0.3, -0.25) is 19.6 Å². The van der Waals surface area contributed by atoms with Gasteiger partial charge < -0.3 is 16.5 Å². The van der Waals surface area contributed by atoms with Gasteiger partial charge in [0.15, 0.2) is 0 Å². The number of nitrogens with zero attached hydrogens (tertiary/aromatic N) is 3. The number of aryl methyl sites for hydroxylation is 1. The number of anilines is 1. The van der Waals surface area contributed by atoms with Crippen molar-refractivity contribution >= 4 is 34.0 Å². The molecule has 4 rings (SSSR count). The molecule has 0 saturated heterocycles. The molecule has 0 radical (unpaired) electrons. The number of carbonyl (C=O) groups excluding carboxylic acids is 1. The minimum Gasteiger partial charge on any atom is -0.396 e. The number of H-pyrrole nitrogens is 1. The van der Waals surface area contributed by atoms with Crippen LogP contribution in [0.4, 0.5) is 5.69 Å². The standard InChI is InChI=1S/C18H14N6O2S/c1-8-2-3-9(5-21-8)12-7-23-18(27-12)13-14(19)15-11(24-17(13)26)4-10(6-22-15)16(20)25/h2-7H,1H3,(H2,20,25)(H3,19,24,26). The molecule has 0 saturated carbocycles. The van der Waals surface area contributed by atoms with E-state index >= 15 is 0 Å². The first-order chi connectivity index (χ1) is 12.9. The molecule has 0 aliphatic carbocycles. The third kappa shape index (κ3) is 2.93. The van der Waals surface area contributed by atoms with E-state index in [9.17, 15) is 9.59 Å². The summed E-state index contributed by atoms with van der Waals surface area (Å²) in [5.41, 5.74) is 14.2. The maximum atomic E-state index is 12.6. The van der Waals surface area contributed by atoms with Crippen LogP contribution in [0.5, 0.6) is 0 Å². The van der Waals surface area contributed by atoms with E-state index in [1.165, 1.54) is 23.6 Å². The third-order valence-corrected chi connectivity index (χ3v) is 5.15. The van der Waals surface area contributed by atoms with Crippen LogP contribution in [0.15, 0.2) is 41.6 Å². The van der Waals surface area contributed by atoms with E-state index in [4.69, 9.17) is 11.5 Å². The predicted octanol–water partition coefficient (Wildman–Crippen LogP) is 2.10. The lowest BCUT2D eigenvalue weighted by molar-refractivity contribution is 0.1000. The van der Waals surface area contributed by atoms with Gasteiger partial charge in [-0.1, -0.05) is 6.07 Å². The average molecular weight is 378 g/mol. The van der Waals surface area contributed by atoms with E-state index in [0.29, 0.717) is 16.0 Å². The first kappa shape index (κ1) is 16.9. The van der Waals surface area contributed by atoms with E-state index in [1.807, 2.05) is 19.1 Å². The predicted molar refractivity (Wildman–Crippen MR) is 104 cm³/mol. The first-order valence-corrected chi connectivity index (χ1v) is 8.76. The molecule has 27 heavy (non-hydrogen) atoms. The number of hydrogen-bond acceptors (Lipinski definition) is 7. The number of aromatic amines is 1. The Hall–Kier alpha value is -3.59. The average Bonchev–Trinajstić information content (AvgIpc) is 3.11. The van der Waals surface area contributed by atoms with Crippen LogP contribution in [0.25, 0.3) is 32.0 Å². The molecule has 0 fully saturated rings. The number of nitrogens with two attached hydrogens (primary N) is 2. The van der Waals surface area contributed by atoms with Crippen molar-refractivity contribution in [3.63, 3.8) is 0 Å². The van der Waals surface area contributed by atoms with Gasteiger partial charge in [0.25, 0.3) is 5.56 Å². The number of fused-ring (bicyclic) bond motifs is 1. The van der Waals surface area contributed by atoms with Gasteiger partial charge in [-0.05, 0) is 19.1 Å². The van der Waals surface area contributed by atoms with Crippen molar-refractivity contribution in [1.29, 1.82) is 0 Å². The van der Waals surface area contributed by atoms with Crippen molar-refractivity contribution in [2.75, 3.05) is 5.73 Å². The number of hydrogen-bond donors (Lipinski definition) is 3. The van der Waals surface area contributed by atoms with Crippen LogP contribution < -0.4 is 17.0 Å². The smallest absolute Gasteiger partial charge is 0.260 e. The summed E-state index contributed by atoms with van der Waals surface area (Å²) in [6.45, 7) is 1.91. The molecule has 4 aromatic rings. The molecule has 134 valence electrons. The van der Waals surface area contributed by atoms with E-state index in [2.05, 4.69) is 19.9 Å². The molecule has 0 bridgehead atoms. The fraction of sp³-hybridized carbons (Fsp3) is 0.0556. The summed E-state index contributed by atoms with van der Waals surface area (Å²) in [6.07, 6.45) is 4.76. The summed E-state index contributed by atoms with van der Waals surface area (Å²) in [7, 11) is 0. The van der Waals surface area contributed by atoms with Crippen LogP contribution in [-0.4, -0.2) is 25.8 Å². The van der Waals surface area contributed by atoms with Gasteiger partial charge in [0.1, 0.15) is 16.1 Å². The van der Waals surface area contributed by atoms with E-state index in [1.54, 1.807) is 12.4 Å². The van der Waals surface area contributed by atoms with Crippen LogP contribution in [0, 0.1) is 6.92 Å². The Balaban J connectivity index is 1.84. The highest BCUT2D eigenvalue weighted by Crippen LogP contribution is 2.34. The van der Waals surface area contributed by atoms with Gasteiger partial charge in [-0.15, -0.1) is 11.3 Å². The van der Waals surface area contributed by atoms with E-state index in [0.717, 1.165) is 16.1 Å². The molecule has 5 N–H and O–H groups in total. The summed E-state index contributed by atoms with van der Waals surface area (Å²) in [5.74, 6) is -0.635. The summed E-state index contributed by atoms with van der Waals surface area (Å²) in [5, 5.41) is 0.479. The van der Waals surface area contributed by atoms with E-state index in [-0.39, 0.29) is 16.8 Å². The van der Waals surface area contributed by atoms with Gasteiger partial charge in [0, 0.05) is 29.8 Å². The maximum Gasteiger partial charge on any atom is 0.260 e. The molecular formula is C18H14N6O2S. The van der Waals surface area contributed by atoms with Crippen LogP contribution in [0.3, 0.4) is 0 Å². The lowest BCUT2D eigenvalue weighted by Gasteiger charge is -2.06. The highest BCUT2D eigenvalue weighted by molar-refractivity contribution is 7.18. The molecular weight excluding hydrogens is 364 g/mol. The fourth-order valence-electron chi connectivity index (χ4n) is 2.68. The van der Waals surface area contributed by atoms with Gasteiger partial charge >= 0.3 is 0 Å². The monoisotopic (exact) mass is 378 g/mol. The van der Waals surface area contributed by atoms with Gasteiger partial charge in [0.05, 0.1) is 21.6 Å². The molecule has 0 aromatic carbocycles. The van der Waals surface area contributed by atoms with E-state index < -0.39 is 11.5 Å². The minimum atomic E-state index is -0.635. The zero-order valence-electron chi connectivity index (χ0n) is 14.2. The number of aromatic nitrogens is 4. The third-order valence-electron chi connectivity index (χ3n) is 4.09. The number of nitrogen functional groups attached to an aromatic ring is 1. The SMILES string of the molecule is Cc1ccc(-c2cnc(-c3c(N)c4ncc(C(N)=O)cc4[nH]c3=O)s2)cn1. The molecule has 0 atom stereocenters. The first-order valence-electron chi connectivity index (χ1n) is 7.94. The second-order valence-electron chi connectivity index (χ2n) is 5.95. The zero-order chi connectivity index (χ0) is 19.1.